The standard InChI is InChI=1S/C54H37NO/c1-3-17-39(18-4-1)43-21-7-8-23-45(43)46-24-9-10-25-47(46)48-26-12-15-29-52(48)55(51-28-14-11-22-44(51)40-19-5-2-6-20-40)42-34-31-38(32-35-42)41-33-36-50-49-27-13-16-30-53(49)56-54(50)37-41/h1-37H/i2D,5D,6D,19D,20D. The first kappa shape index (κ1) is 28.1. The Morgan fingerprint density at radius 1 is 0.339 bits per heavy atom. The first-order chi connectivity index (χ1) is 29.9. The van der Waals surface area contributed by atoms with E-state index < -0.39 is 6.04 Å². The van der Waals surface area contributed by atoms with E-state index in [2.05, 4.69) is 138 Å². The number of benzene rings is 9. The molecule has 0 N–H and O–H groups in total. The van der Waals surface area contributed by atoms with E-state index in [1.54, 1.807) is 0 Å². The second-order valence-corrected chi connectivity index (χ2v) is 13.7. The monoisotopic (exact) mass is 720 g/mol. The van der Waals surface area contributed by atoms with Crippen LogP contribution < -0.4 is 4.90 Å². The summed E-state index contributed by atoms with van der Waals surface area (Å²) in [6.07, 6.45) is 0. The van der Waals surface area contributed by atoms with Crippen LogP contribution in [0, 0.1) is 0 Å². The Morgan fingerprint density at radius 2 is 0.857 bits per heavy atom. The number of anilines is 3. The fraction of sp³-hybridized carbons (Fsp3) is 0. The SMILES string of the molecule is [2H]c1c([2H])c([2H])c(-c2ccccc2N(c2ccc(-c3ccc4c(c3)oc3ccccc34)cc2)c2ccccc2-c2ccccc2-c2ccccc2-c2ccccc2)c([2H])c1[2H]. The number of hydrogen-bond acceptors (Lipinski definition) is 2. The van der Waals surface area contributed by atoms with Crippen molar-refractivity contribution in [2.24, 2.45) is 0 Å². The second-order valence-electron chi connectivity index (χ2n) is 13.7. The molecule has 1 heterocycles. The van der Waals surface area contributed by atoms with Crippen molar-refractivity contribution >= 4 is 39.0 Å². The molecule has 1 aromatic heterocycles. The van der Waals surface area contributed by atoms with Crippen molar-refractivity contribution in [1.82, 2.24) is 0 Å². The Kier molecular flexibility index (Phi) is 7.24. The molecule has 264 valence electrons. The van der Waals surface area contributed by atoms with Crippen LogP contribution in [-0.2, 0) is 0 Å². The number of para-hydroxylation sites is 3. The summed E-state index contributed by atoms with van der Waals surface area (Å²) in [5.41, 5.74) is 13.0. The van der Waals surface area contributed by atoms with Crippen molar-refractivity contribution in [3.63, 3.8) is 0 Å². The third kappa shape index (κ3) is 6.04. The summed E-state index contributed by atoms with van der Waals surface area (Å²) in [6.45, 7) is 0. The van der Waals surface area contributed by atoms with Crippen LogP contribution >= 0.6 is 0 Å². The molecule has 0 radical (unpaired) electrons. The van der Waals surface area contributed by atoms with Gasteiger partial charge in [0.25, 0.3) is 0 Å². The quantitative estimate of drug-likeness (QED) is 0.155. The highest BCUT2D eigenvalue weighted by Crippen LogP contribution is 2.47. The molecule has 0 bridgehead atoms. The van der Waals surface area contributed by atoms with Gasteiger partial charge in [-0.3, -0.25) is 0 Å². The molecule has 0 saturated carbocycles. The predicted molar refractivity (Wildman–Crippen MR) is 236 cm³/mol. The van der Waals surface area contributed by atoms with Crippen LogP contribution in [-0.4, -0.2) is 0 Å². The normalized spacial score (nSPS) is 12.5. The van der Waals surface area contributed by atoms with Gasteiger partial charge in [-0.2, -0.15) is 0 Å². The van der Waals surface area contributed by atoms with Crippen LogP contribution in [0.25, 0.3) is 77.6 Å². The van der Waals surface area contributed by atoms with E-state index in [1.165, 1.54) is 0 Å². The molecule has 0 aliphatic heterocycles. The molecule has 9 aromatic carbocycles. The predicted octanol–water partition coefficient (Wildman–Crippen LogP) is 15.4. The summed E-state index contributed by atoms with van der Waals surface area (Å²) in [5, 5.41) is 2.14. The average Bonchev–Trinajstić information content (AvgIpc) is 3.70. The third-order valence-electron chi connectivity index (χ3n) is 10.4. The van der Waals surface area contributed by atoms with E-state index in [1.807, 2.05) is 60.7 Å². The highest BCUT2D eigenvalue weighted by Gasteiger charge is 2.22. The topological polar surface area (TPSA) is 16.4 Å². The lowest BCUT2D eigenvalue weighted by molar-refractivity contribution is 0.669. The van der Waals surface area contributed by atoms with E-state index in [9.17, 15) is 0 Å². The van der Waals surface area contributed by atoms with Gasteiger partial charge in [0.15, 0.2) is 0 Å². The van der Waals surface area contributed by atoms with Gasteiger partial charge in [0.05, 0.1) is 18.2 Å². The lowest BCUT2D eigenvalue weighted by Crippen LogP contribution is -2.12. The van der Waals surface area contributed by atoms with Crippen molar-refractivity contribution in [2.45, 2.75) is 0 Å². The maximum atomic E-state index is 9.03. The third-order valence-corrected chi connectivity index (χ3v) is 10.4. The zero-order valence-electron chi connectivity index (χ0n) is 35.3. The Hall–Kier alpha value is -7.42. The Bertz CT molecular complexity index is 3240. The summed E-state index contributed by atoms with van der Waals surface area (Å²) >= 11 is 0. The zero-order valence-corrected chi connectivity index (χ0v) is 30.3. The molecule has 0 aliphatic carbocycles. The molecule has 0 unspecified atom stereocenters. The molecule has 0 spiro atoms. The van der Waals surface area contributed by atoms with Crippen molar-refractivity contribution < 1.29 is 11.3 Å². The van der Waals surface area contributed by atoms with Gasteiger partial charge >= 0.3 is 0 Å². The molecule has 10 aromatic rings. The highest BCUT2D eigenvalue weighted by atomic mass is 16.3. The number of hydrogen-bond donors (Lipinski definition) is 0. The van der Waals surface area contributed by atoms with Gasteiger partial charge in [-0.05, 0) is 87.0 Å². The first-order valence-corrected chi connectivity index (χ1v) is 18.7. The summed E-state index contributed by atoms with van der Waals surface area (Å²) in [5.74, 6) is 0. The number of fused-ring (bicyclic) bond motifs is 3. The number of nitrogens with zero attached hydrogens (tertiary/aromatic N) is 1. The van der Waals surface area contributed by atoms with Crippen LogP contribution in [0.2, 0.25) is 0 Å². The smallest absolute Gasteiger partial charge is 0.136 e. The number of furan rings is 1. The van der Waals surface area contributed by atoms with Gasteiger partial charge < -0.3 is 9.32 Å². The van der Waals surface area contributed by atoms with Crippen LogP contribution in [0.1, 0.15) is 6.85 Å². The van der Waals surface area contributed by atoms with E-state index >= 15 is 0 Å². The van der Waals surface area contributed by atoms with Gasteiger partial charge in [-0.15, -0.1) is 0 Å². The fourth-order valence-corrected chi connectivity index (χ4v) is 7.82. The molecule has 0 amide bonds. The molecular weight excluding hydrogens is 679 g/mol. The average molecular weight is 721 g/mol. The van der Waals surface area contributed by atoms with E-state index in [4.69, 9.17) is 11.3 Å². The summed E-state index contributed by atoms with van der Waals surface area (Å²) < 4.78 is 49.8. The second kappa shape index (κ2) is 14.4. The van der Waals surface area contributed by atoms with Crippen LogP contribution in [0.15, 0.2) is 229 Å². The minimum absolute atomic E-state index is 0.136. The van der Waals surface area contributed by atoms with Gasteiger partial charge in [0.2, 0.25) is 0 Å². The largest absolute Gasteiger partial charge is 0.456 e. The van der Waals surface area contributed by atoms with Crippen molar-refractivity contribution in [2.75, 3.05) is 4.90 Å². The molecule has 2 nitrogen and oxygen atoms in total. The van der Waals surface area contributed by atoms with Crippen molar-refractivity contribution in [1.29, 1.82) is 0 Å². The first-order valence-electron chi connectivity index (χ1n) is 21.2. The molecule has 0 atom stereocenters. The fourth-order valence-electron chi connectivity index (χ4n) is 7.82. The van der Waals surface area contributed by atoms with Gasteiger partial charge in [-0.1, -0.05) is 182 Å². The minimum Gasteiger partial charge on any atom is -0.456 e. The Morgan fingerprint density at radius 3 is 1.59 bits per heavy atom. The molecule has 56 heavy (non-hydrogen) atoms. The molecule has 0 fully saturated rings. The highest BCUT2D eigenvalue weighted by molar-refractivity contribution is 6.06. The Labute approximate surface area is 334 Å². The van der Waals surface area contributed by atoms with E-state index in [-0.39, 0.29) is 29.7 Å². The minimum atomic E-state index is -0.428. The van der Waals surface area contributed by atoms with Gasteiger partial charge in [0.1, 0.15) is 11.2 Å². The molecule has 2 heteroatoms. The summed E-state index contributed by atoms with van der Waals surface area (Å²) in [6, 6.07) is 64.1. The maximum Gasteiger partial charge on any atom is 0.136 e. The molecule has 0 saturated heterocycles. The lowest BCUT2D eigenvalue weighted by Gasteiger charge is -2.30. The lowest BCUT2D eigenvalue weighted by atomic mass is 9.88. The summed E-state index contributed by atoms with van der Waals surface area (Å²) in [4.78, 5) is 2.14. The number of rotatable bonds is 8. The van der Waals surface area contributed by atoms with Crippen molar-refractivity contribution in [3.05, 3.63) is 224 Å². The Balaban J connectivity index is 1.18. The zero-order chi connectivity index (χ0) is 41.6. The molecule has 0 aliphatic rings. The summed E-state index contributed by atoms with van der Waals surface area (Å²) in [7, 11) is 0. The van der Waals surface area contributed by atoms with Crippen molar-refractivity contribution in [3.8, 4) is 55.6 Å². The maximum absolute atomic E-state index is 9.03. The van der Waals surface area contributed by atoms with E-state index in [0.717, 1.165) is 77.8 Å². The van der Waals surface area contributed by atoms with Gasteiger partial charge in [0, 0.05) is 27.6 Å². The molecule has 10 rings (SSSR count). The van der Waals surface area contributed by atoms with Crippen LogP contribution in [0.5, 0.6) is 0 Å². The van der Waals surface area contributed by atoms with Crippen LogP contribution in [0.4, 0.5) is 17.1 Å². The van der Waals surface area contributed by atoms with Gasteiger partial charge in [-0.25, -0.2) is 0 Å². The van der Waals surface area contributed by atoms with E-state index in [0.29, 0.717) is 11.3 Å². The molecular formula is C54H37NO. The van der Waals surface area contributed by atoms with Crippen LogP contribution in [0.3, 0.4) is 0 Å².